The van der Waals surface area contributed by atoms with Crippen LogP contribution in [0.25, 0.3) is 32.9 Å². The van der Waals surface area contributed by atoms with E-state index in [1.165, 1.54) is 11.0 Å². The zero-order valence-corrected chi connectivity index (χ0v) is 26.6. The summed E-state index contributed by atoms with van der Waals surface area (Å²) in [6, 6.07) is 4.35. The highest BCUT2D eigenvalue weighted by atomic mass is 35.5. The van der Waals surface area contributed by atoms with Gasteiger partial charge in [-0.2, -0.15) is 15.1 Å². The summed E-state index contributed by atoms with van der Waals surface area (Å²) in [6.45, 7) is 9.65. The molecule has 4 aromatic rings. The van der Waals surface area contributed by atoms with Crippen LogP contribution < -0.4 is 9.64 Å². The lowest BCUT2D eigenvalue weighted by atomic mass is 9.96. The van der Waals surface area contributed by atoms with Gasteiger partial charge in [-0.1, -0.05) is 30.3 Å². The van der Waals surface area contributed by atoms with Crippen molar-refractivity contribution in [1.82, 2.24) is 29.5 Å². The van der Waals surface area contributed by atoms with Gasteiger partial charge in [0.05, 0.1) is 23.3 Å². The summed E-state index contributed by atoms with van der Waals surface area (Å²) >= 11 is 6.91. The summed E-state index contributed by atoms with van der Waals surface area (Å²) in [4.78, 5) is 27.0. The van der Waals surface area contributed by atoms with Crippen molar-refractivity contribution in [2.45, 2.75) is 51.2 Å². The zero-order valence-electron chi connectivity index (χ0n) is 25.8. The molecule has 9 nitrogen and oxygen atoms in total. The van der Waals surface area contributed by atoms with Crippen molar-refractivity contribution in [1.29, 1.82) is 0 Å². The third kappa shape index (κ3) is 5.48. The molecule has 2 fully saturated rings. The standard InChI is InChI=1S/C32H35ClF3N7O2/c1-7-24(44)42-13-19(4)43(14-18(42)3)30-22-10-23(33)26(25-17(2)8-9-20-12-37-41(6)29(20)25)27(34)28(22)38-31(39-30)45-15-21-11-32(35,36)16-40(21)5/h7-10,12,18-19,21H,1,11,13-16H2,2-6H3/t18-,19+,21-/m1/s1. The van der Waals surface area contributed by atoms with Crippen LogP contribution in [0, 0.1) is 12.7 Å². The van der Waals surface area contributed by atoms with Gasteiger partial charge >= 0.3 is 6.01 Å². The first kappa shape index (κ1) is 31.1. The van der Waals surface area contributed by atoms with Gasteiger partial charge < -0.3 is 14.5 Å². The fourth-order valence-electron chi connectivity index (χ4n) is 6.62. The topological polar surface area (TPSA) is 79.6 Å². The van der Waals surface area contributed by atoms with Crippen LogP contribution in [0.4, 0.5) is 19.0 Å². The Morgan fingerprint density at radius 2 is 1.93 bits per heavy atom. The molecule has 0 N–H and O–H groups in total. The summed E-state index contributed by atoms with van der Waals surface area (Å²) in [5.74, 6) is -3.28. The fraction of sp³-hybridized carbons (Fsp3) is 0.438. The molecule has 1 amide bonds. The van der Waals surface area contributed by atoms with Gasteiger partial charge in [-0.15, -0.1) is 0 Å². The van der Waals surface area contributed by atoms with Gasteiger partial charge in [-0.05, 0) is 45.5 Å². The predicted molar refractivity (Wildman–Crippen MR) is 169 cm³/mol. The number of likely N-dealkylation sites (N-methyl/N-ethyl adjacent to an activating group) is 1. The van der Waals surface area contributed by atoms with Crippen LogP contribution >= 0.6 is 11.6 Å². The molecule has 0 bridgehead atoms. The van der Waals surface area contributed by atoms with Crippen LogP contribution in [0.5, 0.6) is 6.01 Å². The molecule has 2 aromatic carbocycles. The Balaban J connectivity index is 1.51. The van der Waals surface area contributed by atoms with Gasteiger partial charge in [0.15, 0.2) is 5.82 Å². The van der Waals surface area contributed by atoms with Gasteiger partial charge in [-0.25, -0.2) is 13.2 Å². The first-order valence-corrected chi connectivity index (χ1v) is 15.2. The number of amides is 1. The van der Waals surface area contributed by atoms with E-state index in [4.69, 9.17) is 21.3 Å². The Labute approximate surface area is 264 Å². The van der Waals surface area contributed by atoms with Crippen molar-refractivity contribution in [2.75, 3.05) is 38.2 Å². The molecule has 6 rings (SSSR count). The smallest absolute Gasteiger partial charge is 0.319 e. The van der Waals surface area contributed by atoms with Gasteiger partial charge in [-0.3, -0.25) is 14.4 Å². The minimum Gasteiger partial charge on any atom is -0.462 e. The average molecular weight is 642 g/mol. The largest absolute Gasteiger partial charge is 0.462 e. The molecule has 4 heterocycles. The molecular weight excluding hydrogens is 607 g/mol. The van der Waals surface area contributed by atoms with E-state index in [-0.39, 0.29) is 59.7 Å². The molecule has 2 saturated heterocycles. The normalized spacial score (nSPS) is 22.0. The molecular formula is C32H35ClF3N7O2. The highest BCUT2D eigenvalue weighted by molar-refractivity contribution is 6.35. The van der Waals surface area contributed by atoms with E-state index in [0.29, 0.717) is 29.9 Å². The number of halogens is 4. The maximum absolute atomic E-state index is 16.9. The number of fused-ring (bicyclic) bond motifs is 2. The third-order valence-corrected chi connectivity index (χ3v) is 9.26. The lowest BCUT2D eigenvalue weighted by Gasteiger charge is -2.44. The number of aromatic nitrogens is 4. The lowest BCUT2D eigenvalue weighted by Crippen LogP contribution is -2.58. The summed E-state index contributed by atoms with van der Waals surface area (Å²) in [6.07, 6.45) is 2.63. The van der Waals surface area contributed by atoms with Crippen LogP contribution in [0.3, 0.4) is 0 Å². The lowest BCUT2D eigenvalue weighted by molar-refractivity contribution is -0.128. The van der Waals surface area contributed by atoms with Crippen LogP contribution in [0.2, 0.25) is 5.02 Å². The Morgan fingerprint density at radius 1 is 1.18 bits per heavy atom. The maximum Gasteiger partial charge on any atom is 0.319 e. The van der Waals surface area contributed by atoms with E-state index in [9.17, 15) is 13.6 Å². The number of alkyl halides is 2. The van der Waals surface area contributed by atoms with E-state index < -0.39 is 17.8 Å². The second-order valence-corrected chi connectivity index (χ2v) is 12.6. The maximum atomic E-state index is 16.9. The first-order valence-electron chi connectivity index (χ1n) is 14.8. The number of aryl methyl sites for hydroxylation is 2. The van der Waals surface area contributed by atoms with Gasteiger partial charge in [0, 0.05) is 66.6 Å². The number of carbonyl (C=O) groups is 1. The molecule has 0 saturated carbocycles. The number of benzene rings is 2. The quantitative estimate of drug-likeness (QED) is 0.253. The number of likely N-dealkylation sites (tertiary alicyclic amines) is 1. The van der Waals surface area contributed by atoms with Crippen molar-refractivity contribution in [3.8, 4) is 17.1 Å². The summed E-state index contributed by atoms with van der Waals surface area (Å²) in [5.41, 5.74) is 2.27. The number of ether oxygens (including phenoxy) is 1. The van der Waals surface area contributed by atoms with Gasteiger partial charge in [0.1, 0.15) is 17.9 Å². The molecule has 45 heavy (non-hydrogen) atoms. The van der Waals surface area contributed by atoms with E-state index in [2.05, 4.69) is 16.7 Å². The van der Waals surface area contributed by atoms with Crippen molar-refractivity contribution in [3.05, 3.63) is 53.5 Å². The first-order chi connectivity index (χ1) is 21.3. The highest BCUT2D eigenvalue weighted by Gasteiger charge is 2.43. The van der Waals surface area contributed by atoms with Gasteiger partial charge in [0.2, 0.25) is 5.91 Å². The number of carbonyl (C=O) groups excluding carboxylic acids is 1. The second-order valence-electron chi connectivity index (χ2n) is 12.2. The van der Waals surface area contributed by atoms with Crippen molar-refractivity contribution < 1.29 is 22.7 Å². The third-order valence-electron chi connectivity index (χ3n) is 8.96. The minimum atomic E-state index is -2.82. The average Bonchev–Trinajstić information content (AvgIpc) is 3.49. The Bertz CT molecular complexity index is 1830. The molecule has 3 atom stereocenters. The van der Waals surface area contributed by atoms with E-state index in [0.717, 1.165) is 16.5 Å². The number of nitrogens with zero attached hydrogens (tertiary/aromatic N) is 7. The predicted octanol–water partition coefficient (Wildman–Crippen LogP) is 5.61. The van der Waals surface area contributed by atoms with Crippen LogP contribution in [0.15, 0.2) is 37.1 Å². The van der Waals surface area contributed by atoms with Crippen molar-refractivity contribution in [3.63, 3.8) is 0 Å². The fourth-order valence-corrected chi connectivity index (χ4v) is 6.90. The van der Waals surface area contributed by atoms with E-state index in [1.807, 2.05) is 37.8 Å². The number of rotatable bonds is 6. The van der Waals surface area contributed by atoms with Gasteiger partial charge in [0.25, 0.3) is 5.92 Å². The Hall–Kier alpha value is -3.90. The molecule has 238 valence electrons. The van der Waals surface area contributed by atoms with Crippen LogP contribution in [-0.2, 0) is 11.8 Å². The molecule has 0 radical (unpaired) electrons. The summed E-state index contributed by atoms with van der Waals surface area (Å²) in [5, 5.41) is 5.73. The van der Waals surface area contributed by atoms with Crippen LogP contribution in [0.1, 0.15) is 25.8 Å². The minimum absolute atomic E-state index is 0.0115. The second kappa shape index (κ2) is 11.5. The van der Waals surface area contributed by atoms with Crippen molar-refractivity contribution >= 4 is 45.1 Å². The number of hydrogen-bond acceptors (Lipinski definition) is 7. The Morgan fingerprint density at radius 3 is 2.62 bits per heavy atom. The number of piperazine rings is 1. The molecule has 0 unspecified atom stereocenters. The van der Waals surface area contributed by atoms with E-state index >= 15 is 4.39 Å². The summed E-state index contributed by atoms with van der Waals surface area (Å²) in [7, 11) is 3.40. The number of hydrogen-bond donors (Lipinski definition) is 0. The molecule has 2 aromatic heterocycles. The van der Waals surface area contributed by atoms with Crippen molar-refractivity contribution in [2.24, 2.45) is 7.05 Å². The summed E-state index contributed by atoms with van der Waals surface area (Å²) < 4.78 is 52.7. The molecule has 2 aliphatic rings. The SMILES string of the molecule is C=CC(=O)N1C[C@H](C)N(c2nc(OC[C@H]3CC(F)(F)CN3C)nc3c(F)c(-c4c(C)ccc5cnn(C)c45)c(Cl)cc23)C[C@H]1C. The monoisotopic (exact) mass is 641 g/mol. The van der Waals surface area contributed by atoms with E-state index in [1.54, 1.807) is 35.9 Å². The zero-order chi connectivity index (χ0) is 32.4. The molecule has 0 aliphatic carbocycles. The number of anilines is 1. The highest BCUT2D eigenvalue weighted by Crippen LogP contribution is 2.43. The molecule has 0 spiro atoms. The Kier molecular flexibility index (Phi) is 7.93. The molecule has 13 heteroatoms. The van der Waals surface area contributed by atoms with Crippen LogP contribution in [-0.4, -0.2) is 92.8 Å². The molecule has 2 aliphatic heterocycles.